The molecule has 0 aliphatic carbocycles. The van der Waals surface area contributed by atoms with Gasteiger partial charge >= 0.3 is 0 Å². The average Bonchev–Trinajstić information content (AvgIpc) is 2.80. The van der Waals surface area contributed by atoms with Crippen molar-refractivity contribution < 1.29 is 0 Å². The summed E-state index contributed by atoms with van der Waals surface area (Å²) in [6.07, 6.45) is 6.54. The van der Waals surface area contributed by atoms with Crippen molar-refractivity contribution >= 4 is 17.2 Å². The molecule has 0 saturated carbocycles. The van der Waals surface area contributed by atoms with Gasteiger partial charge in [0.05, 0.1) is 10.7 Å². The molecule has 2 aromatic heterocycles. The third-order valence-electron chi connectivity index (χ3n) is 3.93. The highest BCUT2D eigenvalue weighted by Crippen LogP contribution is 2.15. The smallest absolute Gasteiger partial charge is 0.137 e. The van der Waals surface area contributed by atoms with E-state index in [1.54, 1.807) is 0 Å². The quantitative estimate of drug-likeness (QED) is 0.939. The summed E-state index contributed by atoms with van der Waals surface area (Å²) in [4.78, 5) is 7.01. The fourth-order valence-electron chi connectivity index (χ4n) is 2.94. The molecular formula is C15H21ClN4. The van der Waals surface area contributed by atoms with Crippen LogP contribution in [-0.2, 0) is 6.54 Å². The van der Waals surface area contributed by atoms with Gasteiger partial charge in [0.2, 0.25) is 0 Å². The Kier molecular flexibility index (Phi) is 4.24. The van der Waals surface area contributed by atoms with Gasteiger partial charge in [-0.15, -0.1) is 0 Å². The van der Waals surface area contributed by atoms with E-state index >= 15 is 0 Å². The zero-order chi connectivity index (χ0) is 13.9. The predicted molar refractivity (Wildman–Crippen MR) is 82.1 cm³/mol. The van der Waals surface area contributed by atoms with E-state index in [0.29, 0.717) is 0 Å². The summed E-state index contributed by atoms with van der Waals surface area (Å²) in [7, 11) is 2.18. The van der Waals surface area contributed by atoms with E-state index in [9.17, 15) is 0 Å². The fourth-order valence-corrected chi connectivity index (χ4v) is 3.11. The predicted octanol–water partition coefficient (Wildman–Crippen LogP) is 2.42. The second kappa shape index (κ2) is 6.12. The van der Waals surface area contributed by atoms with E-state index in [0.717, 1.165) is 48.5 Å². The number of aromatic nitrogens is 2. The van der Waals surface area contributed by atoms with Crippen LogP contribution in [0.3, 0.4) is 0 Å². The van der Waals surface area contributed by atoms with Gasteiger partial charge in [-0.05, 0) is 51.0 Å². The van der Waals surface area contributed by atoms with Crippen molar-refractivity contribution in [2.24, 2.45) is 5.92 Å². The first kappa shape index (κ1) is 13.9. The lowest BCUT2D eigenvalue weighted by Gasteiger charge is -2.27. The average molecular weight is 293 g/mol. The number of piperidine rings is 1. The number of fused-ring (bicyclic) bond motifs is 1. The molecule has 0 aromatic carbocycles. The van der Waals surface area contributed by atoms with Crippen LogP contribution in [0.2, 0.25) is 5.02 Å². The van der Waals surface area contributed by atoms with Crippen LogP contribution >= 0.6 is 11.6 Å². The Morgan fingerprint density at radius 2 is 2.15 bits per heavy atom. The van der Waals surface area contributed by atoms with Crippen LogP contribution in [0.15, 0.2) is 24.5 Å². The van der Waals surface area contributed by atoms with Crippen LogP contribution in [-0.4, -0.2) is 41.0 Å². The van der Waals surface area contributed by atoms with E-state index in [1.165, 1.54) is 12.8 Å². The van der Waals surface area contributed by atoms with Crippen molar-refractivity contribution in [3.63, 3.8) is 0 Å². The summed E-state index contributed by atoms with van der Waals surface area (Å²) in [5.41, 5.74) is 2.06. The lowest BCUT2D eigenvalue weighted by atomic mass is 9.98. The first-order valence-corrected chi connectivity index (χ1v) is 7.61. The summed E-state index contributed by atoms with van der Waals surface area (Å²) in [6.45, 7) is 4.36. The molecular weight excluding hydrogens is 272 g/mol. The number of imidazole rings is 1. The minimum absolute atomic E-state index is 0.740. The highest BCUT2D eigenvalue weighted by atomic mass is 35.5. The third-order valence-corrected chi connectivity index (χ3v) is 4.15. The first-order valence-electron chi connectivity index (χ1n) is 7.23. The van der Waals surface area contributed by atoms with Gasteiger partial charge in [0.25, 0.3) is 0 Å². The minimum Gasteiger partial charge on any atom is -0.317 e. The monoisotopic (exact) mass is 292 g/mol. The Labute approximate surface area is 124 Å². The molecule has 0 unspecified atom stereocenters. The maximum Gasteiger partial charge on any atom is 0.137 e. The summed E-state index contributed by atoms with van der Waals surface area (Å²) in [5, 5.41) is 4.15. The minimum atomic E-state index is 0.740. The highest BCUT2D eigenvalue weighted by Gasteiger charge is 2.15. The largest absolute Gasteiger partial charge is 0.317 e. The van der Waals surface area contributed by atoms with Gasteiger partial charge < -0.3 is 14.6 Å². The molecule has 0 amide bonds. The summed E-state index contributed by atoms with van der Waals surface area (Å²) < 4.78 is 2.00. The standard InChI is InChI=1S/C15H21ClN4/c1-19(8-12-4-6-17-7-5-12)10-14-11-20-9-13(16)2-3-15(20)18-14/h2-3,9,11-12,17H,4-8,10H2,1H3. The van der Waals surface area contributed by atoms with Crippen LogP contribution in [0.25, 0.3) is 5.65 Å². The Balaban J connectivity index is 1.63. The Morgan fingerprint density at radius 1 is 1.35 bits per heavy atom. The number of hydrogen-bond donors (Lipinski definition) is 1. The van der Waals surface area contributed by atoms with Crippen LogP contribution in [0.5, 0.6) is 0 Å². The van der Waals surface area contributed by atoms with Crippen molar-refractivity contribution in [1.29, 1.82) is 0 Å². The third kappa shape index (κ3) is 3.32. The lowest BCUT2D eigenvalue weighted by molar-refractivity contribution is 0.233. The maximum absolute atomic E-state index is 6.00. The lowest BCUT2D eigenvalue weighted by Crippen LogP contribution is -2.34. The van der Waals surface area contributed by atoms with Gasteiger partial charge in [0, 0.05) is 25.5 Å². The molecule has 108 valence electrons. The molecule has 3 rings (SSSR count). The first-order chi connectivity index (χ1) is 9.70. The Hall–Kier alpha value is -1.10. The van der Waals surface area contributed by atoms with Crippen LogP contribution < -0.4 is 5.32 Å². The molecule has 4 nitrogen and oxygen atoms in total. The van der Waals surface area contributed by atoms with Crippen molar-refractivity contribution in [1.82, 2.24) is 19.6 Å². The summed E-state index contributed by atoms with van der Waals surface area (Å²) in [6, 6.07) is 3.84. The van der Waals surface area contributed by atoms with Crippen molar-refractivity contribution in [3.8, 4) is 0 Å². The van der Waals surface area contributed by atoms with Crippen molar-refractivity contribution in [2.45, 2.75) is 19.4 Å². The number of pyridine rings is 1. The molecule has 1 N–H and O–H groups in total. The topological polar surface area (TPSA) is 32.6 Å². The molecule has 1 aliphatic heterocycles. The number of nitrogens with one attached hydrogen (secondary N) is 1. The molecule has 20 heavy (non-hydrogen) atoms. The van der Waals surface area contributed by atoms with E-state index in [2.05, 4.69) is 28.4 Å². The Morgan fingerprint density at radius 3 is 2.95 bits per heavy atom. The van der Waals surface area contributed by atoms with Gasteiger partial charge in [-0.3, -0.25) is 0 Å². The normalized spacial score (nSPS) is 17.1. The number of nitrogens with zero attached hydrogens (tertiary/aromatic N) is 3. The van der Waals surface area contributed by atoms with E-state index in [4.69, 9.17) is 11.6 Å². The van der Waals surface area contributed by atoms with E-state index < -0.39 is 0 Å². The second-order valence-corrected chi connectivity index (χ2v) is 6.17. The van der Waals surface area contributed by atoms with Gasteiger partial charge in [-0.25, -0.2) is 4.98 Å². The zero-order valence-electron chi connectivity index (χ0n) is 11.8. The van der Waals surface area contributed by atoms with Crippen LogP contribution in [0.4, 0.5) is 0 Å². The maximum atomic E-state index is 6.00. The number of rotatable bonds is 4. The SMILES string of the molecule is CN(Cc1cn2cc(Cl)ccc2n1)CC1CCNCC1. The second-order valence-electron chi connectivity index (χ2n) is 5.74. The van der Waals surface area contributed by atoms with Gasteiger partial charge in [0.1, 0.15) is 5.65 Å². The molecule has 0 spiro atoms. The summed E-state index contributed by atoms with van der Waals surface area (Å²) in [5.74, 6) is 0.813. The molecule has 1 aliphatic rings. The summed E-state index contributed by atoms with van der Waals surface area (Å²) >= 11 is 6.00. The van der Waals surface area contributed by atoms with E-state index in [-0.39, 0.29) is 0 Å². The number of halogens is 1. The molecule has 2 aromatic rings. The molecule has 0 radical (unpaired) electrons. The van der Waals surface area contributed by atoms with Crippen molar-refractivity contribution in [3.05, 3.63) is 35.2 Å². The van der Waals surface area contributed by atoms with Crippen molar-refractivity contribution in [2.75, 3.05) is 26.7 Å². The molecule has 0 bridgehead atoms. The number of hydrogen-bond acceptors (Lipinski definition) is 3. The molecule has 1 fully saturated rings. The molecule has 1 saturated heterocycles. The van der Waals surface area contributed by atoms with E-state index in [1.807, 2.05) is 22.7 Å². The molecule has 3 heterocycles. The molecule has 5 heteroatoms. The van der Waals surface area contributed by atoms with Gasteiger partial charge in [-0.2, -0.15) is 0 Å². The Bertz CT molecular complexity index is 574. The zero-order valence-corrected chi connectivity index (χ0v) is 12.6. The fraction of sp³-hybridized carbons (Fsp3) is 0.533. The van der Waals surface area contributed by atoms with Gasteiger partial charge in [0.15, 0.2) is 0 Å². The highest BCUT2D eigenvalue weighted by molar-refractivity contribution is 6.30. The van der Waals surface area contributed by atoms with Crippen LogP contribution in [0.1, 0.15) is 18.5 Å². The van der Waals surface area contributed by atoms with Gasteiger partial charge in [-0.1, -0.05) is 11.6 Å². The molecule has 0 atom stereocenters. The van der Waals surface area contributed by atoms with Crippen LogP contribution in [0, 0.1) is 5.92 Å².